The lowest BCUT2D eigenvalue weighted by atomic mass is 9.90. The number of hydrogen-bond acceptors (Lipinski definition) is 6. The zero-order valence-corrected chi connectivity index (χ0v) is 8.58. The average Bonchev–Trinajstić information content (AvgIpc) is 2.26. The number of nitrogens with one attached hydrogen (secondary N) is 2. The molecule has 1 rings (SSSR count). The SMILES string of the molecule is O=C(O)C(O)C(O)(C(=O)O)c1c[nH]c(=O)[nH]c1=O. The van der Waals surface area contributed by atoms with Crippen molar-refractivity contribution < 1.29 is 30.0 Å². The average molecular weight is 260 g/mol. The highest BCUT2D eigenvalue weighted by Crippen LogP contribution is 2.22. The Morgan fingerprint density at radius 3 is 2.22 bits per heavy atom. The first-order chi connectivity index (χ1) is 8.21. The lowest BCUT2D eigenvalue weighted by Crippen LogP contribution is -2.53. The second kappa shape index (κ2) is 4.43. The van der Waals surface area contributed by atoms with Gasteiger partial charge in [0.05, 0.1) is 5.56 Å². The van der Waals surface area contributed by atoms with Crippen LogP contribution in [0.4, 0.5) is 0 Å². The number of carboxylic acid groups (broad SMARTS) is 2. The third-order valence-corrected chi connectivity index (χ3v) is 2.19. The molecule has 0 aliphatic heterocycles. The van der Waals surface area contributed by atoms with E-state index in [-0.39, 0.29) is 0 Å². The van der Waals surface area contributed by atoms with Crippen molar-refractivity contribution >= 4 is 11.9 Å². The van der Waals surface area contributed by atoms with Gasteiger partial charge in [0.1, 0.15) is 0 Å². The predicted octanol–water partition coefficient (Wildman–Crippen LogP) is -3.22. The second-order valence-electron chi connectivity index (χ2n) is 3.30. The van der Waals surface area contributed by atoms with E-state index in [9.17, 15) is 29.4 Å². The van der Waals surface area contributed by atoms with Gasteiger partial charge in [-0.15, -0.1) is 0 Å². The van der Waals surface area contributed by atoms with Crippen LogP contribution >= 0.6 is 0 Å². The molecule has 0 aliphatic rings. The molecular formula is C8H8N2O8. The lowest BCUT2D eigenvalue weighted by molar-refractivity contribution is -0.185. The smallest absolute Gasteiger partial charge is 0.344 e. The molecule has 0 radical (unpaired) electrons. The summed E-state index contributed by atoms with van der Waals surface area (Å²) in [7, 11) is 0. The van der Waals surface area contributed by atoms with Gasteiger partial charge in [0.25, 0.3) is 5.56 Å². The van der Waals surface area contributed by atoms with E-state index in [0.717, 1.165) is 0 Å². The number of H-pyrrole nitrogens is 2. The van der Waals surface area contributed by atoms with Gasteiger partial charge in [-0.2, -0.15) is 0 Å². The molecule has 2 unspecified atom stereocenters. The second-order valence-corrected chi connectivity index (χ2v) is 3.30. The van der Waals surface area contributed by atoms with Gasteiger partial charge < -0.3 is 25.4 Å². The molecule has 0 amide bonds. The van der Waals surface area contributed by atoms with Crippen LogP contribution in [-0.2, 0) is 15.2 Å². The van der Waals surface area contributed by atoms with Gasteiger partial charge in [-0.3, -0.25) is 9.78 Å². The third kappa shape index (κ3) is 2.01. The van der Waals surface area contributed by atoms with Crippen LogP contribution in [0, 0.1) is 0 Å². The predicted molar refractivity (Wildman–Crippen MR) is 52.9 cm³/mol. The van der Waals surface area contributed by atoms with E-state index >= 15 is 0 Å². The number of carboxylic acids is 2. The molecule has 10 nitrogen and oxygen atoms in total. The molecule has 0 fully saturated rings. The van der Waals surface area contributed by atoms with Crippen molar-refractivity contribution in [3.8, 4) is 0 Å². The Morgan fingerprint density at radius 2 is 1.83 bits per heavy atom. The molecule has 2 atom stereocenters. The van der Waals surface area contributed by atoms with Crippen molar-refractivity contribution in [3.05, 3.63) is 32.6 Å². The molecule has 1 heterocycles. The molecule has 98 valence electrons. The first-order valence-corrected chi connectivity index (χ1v) is 4.40. The van der Waals surface area contributed by atoms with Gasteiger partial charge in [-0.25, -0.2) is 14.4 Å². The summed E-state index contributed by atoms with van der Waals surface area (Å²) in [5.41, 5.74) is -6.71. The van der Waals surface area contributed by atoms with E-state index in [0.29, 0.717) is 6.20 Å². The van der Waals surface area contributed by atoms with Crippen LogP contribution in [0.2, 0.25) is 0 Å². The van der Waals surface area contributed by atoms with E-state index in [2.05, 4.69) is 0 Å². The molecule has 0 aliphatic carbocycles. The Bertz CT molecular complexity index is 602. The maximum Gasteiger partial charge on any atom is 0.344 e. The molecule has 0 spiro atoms. The lowest BCUT2D eigenvalue weighted by Gasteiger charge is -2.25. The normalized spacial score (nSPS) is 15.7. The van der Waals surface area contributed by atoms with Crippen LogP contribution in [0.1, 0.15) is 5.56 Å². The van der Waals surface area contributed by atoms with Crippen molar-refractivity contribution in [2.75, 3.05) is 0 Å². The van der Waals surface area contributed by atoms with Crippen molar-refractivity contribution in [2.45, 2.75) is 11.7 Å². The summed E-state index contributed by atoms with van der Waals surface area (Å²) in [5.74, 6) is -4.21. The van der Waals surface area contributed by atoms with Crippen LogP contribution in [0.3, 0.4) is 0 Å². The highest BCUT2D eigenvalue weighted by molar-refractivity contribution is 5.88. The highest BCUT2D eigenvalue weighted by atomic mass is 16.4. The minimum absolute atomic E-state index is 0.515. The van der Waals surface area contributed by atoms with Crippen LogP contribution in [0.5, 0.6) is 0 Å². The Kier molecular flexibility index (Phi) is 3.35. The number of aromatic nitrogens is 2. The molecular weight excluding hydrogens is 252 g/mol. The zero-order chi connectivity index (χ0) is 14.1. The maximum absolute atomic E-state index is 11.3. The Morgan fingerprint density at radius 1 is 1.28 bits per heavy atom. The molecule has 1 aromatic heterocycles. The monoisotopic (exact) mass is 260 g/mol. The van der Waals surface area contributed by atoms with Crippen molar-refractivity contribution in [1.82, 2.24) is 9.97 Å². The fraction of sp³-hybridized carbons (Fsp3) is 0.250. The summed E-state index contributed by atoms with van der Waals surface area (Å²) >= 11 is 0. The summed E-state index contributed by atoms with van der Waals surface area (Å²) < 4.78 is 0. The molecule has 6 N–H and O–H groups in total. The summed E-state index contributed by atoms with van der Waals surface area (Å²) in [5, 5.41) is 36.2. The van der Waals surface area contributed by atoms with Crippen LogP contribution in [-0.4, -0.2) is 48.4 Å². The zero-order valence-electron chi connectivity index (χ0n) is 8.58. The standard InChI is InChI=1S/C8H8N2O8/c11-3(5(13)14)8(18,6(15)16)2-1-9-7(17)10-4(2)12/h1,3,11,18H,(H,13,14)(H,15,16)(H2,9,10,12,17). The molecule has 1 aromatic rings. The molecule has 0 saturated heterocycles. The van der Waals surface area contributed by atoms with E-state index in [1.54, 1.807) is 4.98 Å². The number of carbonyl (C=O) groups is 2. The topological polar surface area (TPSA) is 181 Å². The number of aliphatic carboxylic acids is 2. The maximum atomic E-state index is 11.3. The third-order valence-electron chi connectivity index (χ3n) is 2.19. The molecule has 18 heavy (non-hydrogen) atoms. The number of hydrogen-bond donors (Lipinski definition) is 6. The van der Waals surface area contributed by atoms with Gasteiger partial charge in [-0.1, -0.05) is 0 Å². The molecule has 0 saturated carbocycles. The Hall–Kier alpha value is -2.46. The Balaban J connectivity index is 3.55. The van der Waals surface area contributed by atoms with Crippen molar-refractivity contribution in [1.29, 1.82) is 0 Å². The molecule has 0 bridgehead atoms. The van der Waals surface area contributed by atoms with E-state index in [1.807, 2.05) is 4.98 Å². The van der Waals surface area contributed by atoms with Crippen molar-refractivity contribution in [2.24, 2.45) is 0 Å². The number of aliphatic hydroxyl groups is 2. The molecule has 10 heteroatoms. The fourth-order valence-corrected chi connectivity index (χ4v) is 1.25. The number of rotatable bonds is 4. The van der Waals surface area contributed by atoms with Gasteiger partial charge in [0.15, 0.2) is 6.10 Å². The quantitative estimate of drug-likeness (QED) is 0.327. The number of aliphatic hydroxyl groups excluding tert-OH is 1. The van der Waals surface area contributed by atoms with E-state index in [4.69, 9.17) is 10.2 Å². The van der Waals surface area contributed by atoms with Crippen LogP contribution in [0.25, 0.3) is 0 Å². The van der Waals surface area contributed by atoms with E-state index < -0.39 is 40.5 Å². The largest absolute Gasteiger partial charge is 0.479 e. The fourth-order valence-electron chi connectivity index (χ4n) is 1.25. The van der Waals surface area contributed by atoms with Crippen LogP contribution in [0.15, 0.2) is 15.8 Å². The van der Waals surface area contributed by atoms with Gasteiger partial charge in [0.2, 0.25) is 5.60 Å². The summed E-state index contributed by atoms with van der Waals surface area (Å²) in [4.78, 5) is 46.9. The number of aromatic amines is 2. The van der Waals surface area contributed by atoms with Crippen LogP contribution < -0.4 is 11.2 Å². The van der Waals surface area contributed by atoms with E-state index in [1.165, 1.54) is 0 Å². The van der Waals surface area contributed by atoms with Crippen molar-refractivity contribution in [3.63, 3.8) is 0 Å². The molecule has 0 aromatic carbocycles. The first kappa shape index (κ1) is 13.6. The minimum atomic E-state index is -3.39. The summed E-state index contributed by atoms with van der Waals surface area (Å²) in [6.07, 6.45) is -2.27. The van der Waals surface area contributed by atoms with Gasteiger partial charge in [-0.05, 0) is 0 Å². The highest BCUT2D eigenvalue weighted by Gasteiger charge is 2.51. The van der Waals surface area contributed by atoms with Gasteiger partial charge in [0, 0.05) is 6.20 Å². The Labute approximate surface area is 97.2 Å². The summed E-state index contributed by atoms with van der Waals surface area (Å²) in [6, 6.07) is 0. The summed E-state index contributed by atoms with van der Waals surface area (Å²) in [6.45, 7) is 0. The minimum Gasteiger partial charge on any atom is -0.479 e. The first-order valence-electron chi connectivity index (χ1n) is 4.40. The van der Waals surface area contributed by atoms with Gasteiger partial charge >= 0.3 is 17.6 Å².